The molecule has 8 nitrogen and oxygen atoms in total. The summed E-state index contributed by atoms with van der Waals surface area (Å²) in [6.07, 6.45) is 1.65. The minimum atomic E-state index is -0.612. The fourth-order valence-corrected chi connectivity index (χ4v) is 5.16. The van der Waals surface area contributed by atoms with Crippen LogP contribution in [0.3, 0.4) is 0 Å². The summed E-state index contributed by atoms with van der Waals surface area (Å²) in [7, 11) is 0. The molecule has 0 N–H and O–H groups in total. The molecular weight excluding hydrogens is 432 g/mol. The lowest BCUT2D eigenvalue weighted by atomic mass is 10.1. The second-order valence-electron chi connectivity index (χ2n) is 7.53. The topological polar surface area (TPSA) is 101 Å². The molecule has 0 aliphatic carbocycles. The van der Waals surface area contributed by atoms with Gasteiger partial charge in [-0.3, -0.25) is 9.36 Å². The van der Waals surface area contributed by atoms with E-state index in [0.29, 0.717) is 43.7 Å². The van der Waals surface area contributed by atoms with Gasteiger partial charge in [-0.1, -0.05) is 18.2 Å². The Balaban J connectivity index is 1.48. The van der Waals surface area contributed by atoms with E-state index in [2.05, 4.69) is 4.98 Å². The Labute approximate surface area is 186 Å². The Morgan fingerprint density at radius 2 is 2.03 bits per heavy atom. The molecule has 0 unspecified atom stereocenters. The minimum absolute atomic E-state index is 0.0187. The van der Waals surface area contributed by atoms with Gasteiger partial charge in [0, 0.05) is 18.4 Å². The molecule has 0 spiro atoms. The molecule has 0 radical (unpaired) electrons. The van der Waals surface area contributed by atoms with Gasteiger partial charge in [0.05, 0.1) is 17.6 Å². The van der Waals surface area contributed by atoms with Gasteiger partial charge in [0.2, 0.25) is 5.76 Å². The highest BCUT2D eigenvalue weighted by Crippen LogP contribution is 2.31. The minimum Gasteiger partial charge on any atom is -0.460 e. The fourth-order valence-electron chi connectivity index (χ4n) is 4.08. The maximum absolute atomic E-state index is 12.9. The van der Waals surface area contributed by atoms with Crippen molar-refractivity contribution >= 4 is 44.5 Å². The molecule has 0 saturated heterocycles. The molecule has 0 amide bonds. The average molecular weight is 452 g/mol. The first-order valence-electron chi connectivity index (χ1n) is 10.4. The third-order valence-corrected chi connectivity index (χ3v) is 6.77. The van der Waals surface area contributed by atoms with Crippen LogP contribution in [0.25, 0.3) is 21.2 Å². The Kier molecular flexibility index (Phi) is 5.05. The fraction of sp³-hybridized carbons (Fsp3) is 0.304. The van der Waals surface area contributed by atoms with E-state index < -0.39 is 11.9 Å². The van der Waals surface area contributed by atoms with E-state index in [1.807, 2.05) is 6.07 Å². The van der Waals surface area contributed by atoms with Crippen LogP contribution in [0, 0.1) is 6.92 Å². The number of para-hydroxylation sites is 1. The number of esters is 2. The second kappa shape index (κ2) is 7.90. The van der Waals surface area contributed by atoms with E-state index in [-0.39, 0.29) is 24.5 Å². The molecule has 0 saturated carbocycles. The molecule has 164 valence electrons. The maximum Gasteiger partial charge on any atom is 0.374 e. The van der Waals surface area contributed by atoms with Crippen molar-refractivity contribution in [3.05, 3.63) is 62.2 Å². The van der Waals surface area contributed by atoms with Gasteiger partial charge in [-0.05, 0) is 31.9 Å². The van der Waals surface area contributed by atoms with E-state index in [1.54, 1.807) is 36.6 Å². The Morgan fingerprint density at radius 1 is 1.22 bits per heavy atom. The summed E-state index contributed by atoms with van der Waals surface area (Å²) >= 11 is 1.16. The quantitative estimate of drug-likeness (QED) is 0.422. The number of carbonyl (C=O) groups is 2. The molecule has 3 aromatic heterocycles. The summed E-state index contributed by atoms with van der Waals surface area (Å²) in [4.78, 5) is 43.6. The van der Waals surface area contributed by atoms with E-state index in [9.17, 15) is 14.4 Å². The van der Waals surface area contributed by atoms with Gasteiger partial charge < -0.3 is 13.9 Å². The standard InChI is InChI=1S/C23H20N2O6S/c1-3-29-22(27)18-14(13-7-4-5-8-15(13)31-18)11-30-23(28)19-12(2)17-20(32-19)24-16-9-6-10-25(16)21(17)26/h4-5,7-8H,3,6,9-11H2,1-2H3. The van der Waals surface area contributed by atoms with Crippen molar-refractivity contribution < 1.29 is 23.5 Å². The summed E-state index contributed by atoms with van der Waals surface area (Å²) < 4.78 is 18.0. The number of hydrogen-bond donors (Lipinski definition) is 0. The van der Waals surface area contributed by atoms with Gasteiger partial charge in [-0.15, -0.1) is 11.3 Å². The molecule has 0 bridgehead atoms. The van der Waals surface area contributed by atoms with E-state index >= 15 is 0 Å². The predicted molar refractivity (Wildman–Crippen MR) is 118 cm³/mol. The largest absolute Gasteiger partial charge is 0.460 e. The number of rotatable bonds is 5. The number of ether oxygens (including phenoxy) is 2. The molecule has 5 rings (SSSR count). The second-order valence-corrected chi connectivity index (χ2v) is 8.53. The molecule has 4 aromatic rings. The normalized spacial score (nSPS) is 12.9. The molecule has 0 atom stereocenters. The van der Waals surface area contributed by atoms with Crippen LogP contribution < -0.4 is 5.56 Å². The van der Waals surface area contributed by atoms with Crippen molar-refractivity contribution in [2.24, 2.45) is 0 Å². The molecule has 32 heavy (non-hydrogen) atoms. The first kappa shape index (κ1) is 20.4. The third-order valence-electron chi connectivity index (χ3n) is 5.60. The number of thiophene rings is 1. The van der Waals surface area contributed by atoms with Gasteiger partial charge in [0.25, 0.3) is 5.56 Å². The van der Waals surface area contributed by atoms with Crippen molar-refractivity contribution in [3.63, 3.8) is 0 Å². The SMILES string of the molecule is CCOC(=O)c1oc2ccccc2c1COC(=O)c1sc2nc3n(c(=O)c2c1C)CCC3. The van der Waals surface area contributed by atoms with Crippen molar-refractivity contribution in [3.8, 4) is 0 Å². The lowest BCUT2D eigenvalue weighted by Crippen LogP contribution is -2.20. The summed E-state index contributed by atoms with van der Waals surface area (Å²) in [6.45, 7) is 4.12. The number of carbonyl (C=O) groups excluding carboxylic acids is 2. The van der Waals surface area contributed by atoms with Crippen LogP contribution in [0.2, 0.25) is 0 Å². The first-order valence-corrected chi connectivity index (χ1v) is 11.2. The van der Waals surface area contributed by atoms with E-state index in [0.717, 1.165) is 30.0 Å². The van der Waals surface area contributed by atoms with Crippen LogP contribution in [-0.4, -0.2) is 28.1 Å². The first-order chi connectivity index (χ1) is 15.5. The summed E-state index contributed by atoms with van der Waals surface area (Å²) in [5.74, 6) is -0.410. The molecular formula is C23H20N2O6S. The number of furan rings is 1. The highest BCUT2D eigenvalue weighted by Gasteiger charge is 2.26. The molecule has 0 fully saturated rings. The number of aromatic nitrogens is 2. The molecule has 1 aliphatic heterocycles. The summed E-state index contributed by atoms with van der Waals surface area (Å²) in [6, 6.07) is 7.13. The highest BCUT2D eigenvalue weighted by atomic mass is 32.1. The molecule has 1 aromatic carbocycles. The number of nitrogens with zero attached hydrogens (tertiary/aromatic N) is 2. The monoisotopic (exact) mass is 452 g/mol. The third kappa shape index (κ3) is 3.20. The van der Waals surface area contributed by atoms with Gasteiger partial charge in [0.15, 0.2) is 0 Å². The predicted octanol–water partition coefficient (Wildman–Crippen LogP) is 3.99. The van der Waals surface area contributed by atoms with Crippen LogP contribution in [0.15, 0.2) is 33.5 Å². The molecule has 9 heteroatoms. The Hall–Kier alpha value is -3.46. The zero-order chi connectivity index (χ0) is 22.4. The van der Waals surface area contributed by atoms with Crippen molar-refractivity contribution in [1.29, 1.82) is 0 Å². The number of fused-ring (bicyclic) bond motifs is 3. The van der Waals surface area contributed by atoms with Gasteiger partial charge in [0.1, 0.15) is 27.7 Å². The van der Waals surface area contributed by atoms with E-state index in [4.69, 9.17) is 13.9 Å². The Bertz CT molecular complexity index is 1440. The van der Waals surface area contributed by atoms with Crippen LogP contribution >= 0.6 is 11.3 Å². The van der Waals surface area contributed by atoms with E-state index in [1.165, 1.54) is 0 Å². The smallest absolute Gasteiger partial charge is 0.374 e. The van der Waals surface area contributed by atoms with Gasteiger partial charge in [-0.25, -0.2) is 14.6 Å². The van der Waals surface area contributed by atoms with Crippen LogP contribution in [0.4, 0.5) is 0 Å². The zero-order valence-electron chi connectivity index (χ0n) is 17.6. The van der Waals surface area contributed by atoms with Crippen LogP contribution in [0.5, 0.6) is 0 Å². The Morgan fingerprint density at radius 3 is 2.84 bits per heavy atom. The maximum atomic E-state index is 12.9. The van der Waals surface area contributed by atoms with Crippen molar-refractivity contribution in [2.45, 2.75) is 39.8 Å². The average Bonchev–Trinajstić information content (AvgIpc) is 3.48. The zero-order valence-corrected chi connectivity index (χ0v) is 18.4. The highest BCUT2D eigenvalue weighted by molar-refractivity contribution is 7.20. The molecule has 4 heterocycles. The summed E-state index contributed by atoms with van der Waals surface area (Å²) in [5.41, 5.74) is 1.41. The van der Waals surface area contributed by atoms with Crippen molar-refractivity contribution in [1.82, 2.24) is 9.55 Å². The number of aryl methyl sites for hydroxylation is 2. The number of hydrogen-bond acceptors (Lipinski definition) is 8. The van der Waals surface area contributed by atoms with Crippen LogP contribution in [0.1, 0.15) is 50.5 Å². The van der Waals surface area contributed by atoms with Gasteiger partial charge >= 0.3 is 11.9 Å². The van der Waals surface area contributed by atoms with Crippen molar-refractivity contribution in [2.75, 3.05) is 6.61 Å². The van der Waals surface area contributed by atoms with Crippen LogP contribution in [-0.2, 0) is 29.0 Å². The lowest BCUT2D eigenvalue weighted by molar-refractivity contribution is 0.0438. The molecule has 1 aliphatic rings. The summed E-state index contributed by atoms with van der Waals surface area (Å²) in [5, 5.41) is 1.14. The van der Waals surface area contributed by atoms with Gasteiger partial charge in [-0.2, -0.15) is 0 Å². The number of benzene rings is 1. The lowest BCUT2D eigenvalue weighted by Gasteiger charge is -2.05.